The highest BCUT2D eigenvalue weighted by Crippen LogP contribution is 2.27. The van der Waals surface area contributed by atoms with Crippen LogP contribution < -0.4 is 10.1 Å². The number of benzene rings is 2. The molecule has 6 nitrogen and oxygen atoms in total. The van der Waals surface area contributed by atoms with Gasteiger partial charge in [-0.15, -0.1) is 0 Å². The van der Waals surface area contributed by atoms with Gasteiger partial charge in [-0.3, -0.25) is 10.1 Å². The third kappa shape index (κ3) is 3.93. The molecule has 2 N–H and O–H groups in total. The van der Waals surface area contributed by atoms with Gasteiger partial charge in [-0.05, 0) is 29.3 Å². The Hall–Kier alpha value is -2.60. The van der Waals surface area contributed by atoms with Gasteiger partial charge in [0.05, 0.1) is 12.0 Å². The van der Waals surface area contributed by atoms with E-state index in [9.17, 15) is 15.2 Å². The van der Waals surface area contributed by atoms with Gasteiger partial charge in [0.1, 0.15) is 5.75 Å². The molecule has 21 heavy (non-hydrogen) atoms. The van der Waals surface area contributed by atoms with Crippen molar-refractivity contribution < 1.29 is 14.8 Å². The van der Waals surface area contributed by atoms with Crippen LogP contribution in [0.5, 0.6) is 11.5 Å². The molecule has 110 valence electrons. The molecule has 0 fully saturated rings. The summed E-state index contributed by atoms with van der Waals surface area (Å²) in [6.45, 7) is 1.12. The molecule has 2 aromatic carbocycles. The Kier molecular flexibility index (Phi) is 4.73. The van der Waals surface area contributed by atoms with Gasteiger partial charge in [-0.2, -0.15) is 0 Å². The molecule has 0 aliphatic rings. The second kappa shape index (κ2) is 6.71. The number of nitro groups is 1. The van der Waals surface area contributed by atoms with Crippen molar-refractivity contribution in [3.8, 4) is 11.5 Å². The third-order valence-electron chi connectivity index (χ3n) is 3.03. The van der Waals surface area contributed by atoms with Crippen molar-refractivity contribution in [2.75, 3.05) is 7.11 Å². The van der Waals surface area contributed by atoms with Crippen LogP contribution >= 0.6 is 0 Å². The van der Waals surface area contributed by atoms with Gasteiger partial charge in [0.15, 0.2) is 5.75 Å². The van der Waals surface area contributed by atoms with E-state index in [-0.39, 0.29) is 17.2 Å². The lowest BCUT2D eigenvalue weighted by atomic mass is 10.1. The molecule has 0 aromatic heterocycles. The first kappa shape index (κ1) is 14.8. The first-order chi connectivity index (χ1) is 10.1. The van der Waals surface area contributed by atoms with Crippen molar-refractivity contribution in [2.45, 2.75) is 13.1 Å². The van der Waals surface area contributed by atoms with Crippen molar-refractivity contribution in [3.05, 3.63) is 63.7 Å². The van der Waals surface area contributed by atoms with Crippen molar-refractivity contribution >= 4 is 5.69 Å². The minimum Gasteiger partial charge on any atom is -0.508 e. The van der Waals surface area contributed by atoms with Crippen LogP contribution in [0.3, 0.4) is 0 Å². The van der Waals surface area contributed by atoms with Crippen LogP contribution in [0.2, 0.25) is 0 Å². The second-order valence-corrected chi connectivity index (χ2v) is 4.53. The zero-order chi connectivity index (χ0) is 15.2. The number of nitro benzene ring substituents is 1. The van der Waals surface area contributed by atoms with Crippen molar-refractivity contribution in [3.63, 3.8) is 0 Å². The fourth-order valence-electron chi connectivity index (χ4n) is 1.95. The maximum Gasteiger partial charge on any atom is 0.311 e. The van der Waals surface area contributed by atoms with Crippen LogP contribution in [-0.4, -0.2) is 17.1 Å². The largest absolute Gasteiger partial charge is 0.508 e. The van der Waals surface area contributed by atoms with Gasteiger partial charge >= 0.3 is 5.69 Å². The molecule has 0 aliphatic carbocycles. The number of methoxy groups -OCH3 is 1. The molecule has 0 radical (unpaired) electrons. The molecule has 0 unspecified atom stereocenters. The van der Waals surface area contributed by atoms with E-state index in [1.165, 1.54) is 13.2 Å². The number of rotatable bonds is 6. The van der Waals surface area contributed by atoms with E-state index >= 15 is 0 Å². The maximum atomic E-state index is 10.9. The minimum absolute atomic E-state index is 0.0403. The van der Waals surface area contributed by atoms with Gasteiger partial charge in [-0.25, -0.2) is 0 Å². The molecule has 2 rings (SSSR count). The average molecular weight is 288 g/mol. The highest BCUT2D eigenvalue weighted by molar-refractivity contribution is 5.48. The topological polar surface area (TPSA) is 84.6 Å². The van der Waals surface area contributed by atoms with Crippen LogP contribution in [-0.2, 0) is 13.1 Å². The van der Waals surface area contributed by atoms with E-state index in [1.54, 1.807) is 24.3 Å². The number of hydrogen-bond acceptors (Lipinski definition) is 5. The molecule has 0 atom stereocenters. The number of aromatic hydroxyl groups is 1. The standard InChI is InChI=1S/C15H16N2O4/c1-21-15-7-4-12(8-14(15)17(19)20)10-16-9-11-2-5-13(18)6-3-11/h2-8,16,18H,9-10H2,1H3. The van der Waals surface area contributed by atoms with Crippen LogP contribution in [0.15, 0.2) is 42.5 Å². The minimum atomic E-state index is -0.456. The quantitative estimate of drug-likeness (QED) is 0.630. The summed E-state index contributed by atoms with van der Waals surface area (Å²) in [4.78, 5) is 10.5. The zero-order valence-electron chi connectivity index (χ0n) is 11.6. The molecule has 6 heteroatoms. The Balaban J connectivity index is 1.98. The van der Waals surface area contributed by atoms with Crippen molar-refractivity contribution in [1.29, 1.82) is 0 Å². The molecular weight excluding hydrogens is 272 g/mol. The molecular formula is C15H16N2O4. The van der Waals surface area contributed by atoms with E-state index in [0.29, 0.717) is 13.1 Å². The Morgan fingerprint density at radius 1 is 1.14 bits per heavy atom. The lowest BCUT2D eigenvalue weighted by Gasteiger charge is -2.07. The van der Waals surface area contributed by atoms with Gasteiger partial charge in [0.2, 0.25) is 0 Å². The second-order valence-electron chi connectivity index (χ2n) is 4.53. The maximum absolute atomic E-state index is 10.9. The van der Waals surface area contributed by atoms with E-state index in [4.69, 9.17) is 4.74 Å². The Labute approximate surface area is 122 Å². The van der Waals surface area contributed by atoms with E-state index in [1.807, 2.05) is 12.1 Å². The van der Waals surface area contributed by atoms with E-state index < -0.39 is 4.92 Å². The molecule has 0 saturated carbocycles. The summed E-state index contributed by atoms with van der Waals surface area (Å²) < 4.78 is 4.96. The monoisotopic (exact) mass is 288 g/mol. The molecule has 0 bridgehead atoms. The summed E-state index contributed by atoms with van der Waals surface area (Å²) in [7, 11) is 1.41. The molecule has 0 spiro atoms. The Morgan fingerprint density at radius 3 is 2.38 bits per heavy atom. The molecule has 0 amide bonds. The number of nitrogens with zero attached hydrogens (tertiary/aromatic N) is 1. The van der Waals surface area contributed by atoms with Crippen LogP contribution in [0.4, 0.5) is 5.69 Å². The SMILES string of the molecule is COc1ccc(CNCc2ccc(O)cc2)cc1[N+](=O)[O-]. The Bertz CT molecular complexity index is 626. The molecule has 2 aromatic rings. The van der Waals surface area contributed by atoms with Gasteiger partial charge in [0.25, 0.3) is 0 Å². The summed E-state index contributed by atoms with van der Waals surface area (Å²) in [6.07, 6.45) is 0. The van der Waals surface area contributed by atoms with Crippen molar-refractivity contribution in [1.82, 2.24) is 5.32 Å². The number of nitrogens with one attached hydrogen (secondary N) is 1. The van der Waals surface area contributed by atoms with Crippen LogP contribution in [0.1, 0.15) is 11.1 Å². The van der Waals surface area contributed by atoms with E-state index in [2.05, 4.69) is 5.32 Å². The lowest BCUT2D eigenvalue weighted by Crippen LogP contribution is -2.12. The third-order valence-corrected chi connectivity index (χ3v) is 3.03. The van der Waals surface area contributed by atoms with Gasteiger partial charge < -0.3 is 15.2 Å². The predicted octanol–water partition coefficient (Wildman–Crippen LogP) is 2.60. The normalized spacial score (nSPS) is 10.3. The highest BCUT2D eigenvalue weighted by Gasteiger charge is 2.14. The summed E-state index contributed by atoms with van der Waals surface area (Å²) in [5.41, 5.74) is 1.79. The predicted molar refractivity (Wildman–Crippen MR) is 78.3 cm³/mol. The summed E-state index contributed by atoms with van der Waals surface area (Å²) in [5, 5.41) is 23.3. The fourth-order valence-corrected chi connectivity index (χ4v) is 1.95. The molecule has 0 aliphatic heterocycles. The van der Waals surface area contributed by atoms with Gasteiger partial charge in [0, 0.05) is 19.2 Å². The molecule has 0 heterocycles. The van der Waals surface area contributed by atoms with Crippen LogP contribution in [0, 0.1) is 10.1 Å². The molecule has 0 saturated heterocycles. The number of phenols is 1. The summed E-state index contributed by atoms with van der Waals surface area (Å²) in [6, 6.07) is 11.8. The van der Waals surface area contributed by atoms with Crippen molar-refractivity contribution in [2.24, 2.45) is 0 Å². The number of hydrogen-bond donors (Lipinski definition) is 2. The van der Waals surface area contributed by atoms with Crippen LogP contribution in [0.25, 0.3) is 0 Å². The Morgan fingerprint density at radius 2 is 1.76 bits per heavy atom. The first-order valence-corrected chi connectivity index (χ1v) is 6.40. The fraction of sp³-hybridized carbons (Fsp3) is 0.200. The first-order valence-electron chi connectivity index (χ1n) is 6.40. The summed E-state index contributed by atoms with van der Waals surface area (Å²) >= 11 is 0. The summed E-state index contributed by atoms with van der Waals surface area (Å²) in [5.74, 6) is 0.479. The highest BCUT2D eigenvalue weighted by atomic mass is 16.6. The zero-order valence-corrected chi connectivity index (χ0v) is 11.6. The number of phenolic OH excluding ortho intramolecular Hbond substituents is 1. The van der Waals surface area contributed by atoms with Gasteiger partial charge in [-0.1, -0.05) is 18.2 Å². The number of ether oxygens (including phenoxy) is 1. The lowest BCUT2D eigenvalue weighted by molar-refractivity contribution is -0.385. The average Bonchev–Trinajstić information content (AvgIpc) is 2.49. The van der Waals surface area contributed by atoms with E-state index in [0.717, 1.165) is 11.1 Å². The smallest absolute Gasteiger partial charge is 0.311 e.